The molecule has 3 heterocycles. The van der Waals surface area contributed by atoms with Gasteiger partial charge in [-0.1, -0.05) is 109 Å². The van der Waals surface area contributed by atoms with Crippen molar-refractivity contribution in [2.45, 2.75) is 0 Å². The van der Waals surface area contributed by atoms with Crippen LogP contribution in [0, 0.1) is 42.4 Å². The summed E-state index contributed by atoms with van der Waals surface area (Å²) in [4.78, 5) is 16.5. The average Bonchev–Trinajstić information content (AvgIpc) is 3.96. The van der Waals surface area contributed by atoms with E-state index in [1.807, 2.05) is 128 Å². The van der Waals surface area contributed by atoms with Gasteiger partial charge >= 0.3 is 0 Å². The van der Waals surface area contributed by atoms with Crippen molar-refractivity contribution >= 4 is 60.7 Å². The van der Waals surface area contributed by atoms with Crippen LogP contribution in [-0.4, -0.2) is 14.1 Å². The first-order valence-corrected chi connectivity index (χ1v) is 23.0. The Kier molecular flexibility index (Phi) is 10.3. The Labute approximate surface area is 414 Å². The highest BCUT2D eigenvalue weighted by Gasteiger charge is 2.22. The van der Waals surface area contributed by atoms with Gasteiger partial charge in [0, 0.05) is 27.1 Å². The molecule has 0 saturated carbocycles. The van der Waals surface area contributed by atoms with Crippen LogP contribution in [0.1, 0.15) is 11.1 Å². The first kappa shape index (κ1) is 42.5. The summed E-state index contributed by atoms with van der Waals surface area (Å²) in [6, 6.07) is 70.5. The molecule has 330 valence electrons. The van der Waals surface area contributed by atoms with Crippen molar-refractivity contribution in [1.29, 1.82) is 10.5 Å². The van der Waals surface area contributed by atoms with E-state index in [9.17, 15) is 10.5 Å². The topological polar surface area (TPSA) is 83.4 Å². The van der Waals surface area contributed by atoms with E-state index in [0.717, 1.165) is 105 Å². The maximum Gasteiger partial charge on any atom is 0.187 e. The standard InChI is InChI=1S/C64H34N8/c1-67-51-22-16-42(17-23-51)54-36-64(72-61-26-20-48(44-11-5-9-41(29-44)38-66)33-57(61)58-35-50(21-27-62(58)72)46-13-7-15-53(31-46)69-3)70-39-63(54)71-59-24-18-47(43-10-4-8-40(28-43)37-65)32-55(59)56-34-49(19-25-60(56)71)45-12-6-14-52(30-45)68-2/h4-36,39H. The van der Waals surface area contributed by atoms with Gasteiger partial charge in [-0.05, 0) is 141 Å². The van der Waals surface area contributed by atoms with Crippen LogP contribution < -0.4 is 0 Å². The first-order valence-electron chi connectivity index (χ1n) is 23.0. The summed E-state index contributed by atoms with van der Waals surface area (Å²) < 4.78 is 4.45. The zero-order chi connectivity index (χ0) is 48.9. The second-order valence-electron chi connectivity index (χ2n) is 17.5. The van der Waals surface area contributed by atoms with Crippen LogP contribution in [0.15, 0.2) is 206 Å². The van der Waals surface area contributed by atoms with E-state index < -0.39 is 0 Å². The fourth-order valence-corrected chi connectivity index (χ4v) is 10.0. The highest BCUT2D eigenvalue weighted by atomic mass is 15.1. The van der Waals surface area contributed by atoms with Crippen LogP contribution in [0.2, 0.25) is 0 Å². The summed E-state index contributed by atoms with van der Waals surface area (Å²) in [5, 5.41) is 23.6. The Bertz CT molecular complexity index is 4230. The summed E-state index contributed by atoms with van der Waals surface area (Å²) in [6.45, 7) is 23.2. The summed E-state index contributed by atoms with van der Waals surface area (Å²) in [5.74, 6) is 0.687. The van der Waals surface area contributed by atoms with Gasteiger partial charge in [-0.2, -0.15) is 10.5 Å². The molecule has 9 aromatic carbocycles. The smallest absolute Gasteiger partial charge is 0.187 e. The quantitative estimate of drug-likeness (QED) is 0.149. The summed E-state index contributed by atoms with van der Waals surface area (Å²) in [6.07, 6.45) is 1.94. The van der Waals surface area contributed by atoms with Gasteiger partial charge < -0.3 is 4.57 Å². The van der Waals surface area contributed by atoms with E-state index in [1.165, 1.54) is 0 Å². The van der Waals surface area contributed by atoms with E-state index in [2.05, 4.69) is 115 Å². The number of nitrogens with zero attached hydrogens (tertiary/aromatic N) is 8. The second kappa shape index (κ2) is 17.4. The molecule has 8 nitrogen and oxygen atoms in total. The van der Waals surface area contributed by atoms with Gasteiger partial charge in [0.1, 0.15) is 5.82 Å². The van der Waals surface area contributed by atoms with Crippen molar-refractivity contribution in [3.63, 3.8) is 0 Å². The summed E-state index contributed by atoms with van der Waals surface area (Å²) >= 11 is 0. The van der Waals surface area contributed by atoms with Gasteiger partial charge in [0.25, 0.3) is 0 Å². The fourth-order valence-electron chi connectivity index (χ4n) is 10.0. The number of nitriles is 2. The molecule has 0 aliphatic carbocycles. The number of rotatable bonds is 7. The Morgan fingerprint density at radius 2 is 0.736 bits per heavy atom. The predicted molar refractivity (Wildman–Crippen MR) is 288 cm³/mol. The van der Waals surface area contributed by atoms with Gasteiger partial charge in [-0.3, -0.25) is 4.57 Å². The van der Waals surface area contributed by atoms with Crippen molar-refractivity contribution in [3.05, 3.63) is 252 Å². The lowest BCUT2D eigenvalue weighted by Crippen LogP contribution is -2.03. The molecule has 12 aromatic rings. The van der Waals surface area contributed by atoms with Crippen LogP contribution in [0.5, 0.6) is 0 Å². The number of fused-ring (bicyclic) bond motifs is 6. The molecule has 0 aliphatic rings. The van der Waals surface area contributed by atoms with Crippen molar-refractivity contribution < 1.29 is 0 Å². The number of pyridine rings is 1. The minimum atomic E-state index is 0.533. The third-order valence-corrected chi connectivity index (χ3v) is 13.4. The Balaban J connectivity index is 1.11. The fraction of sp³-hybridized carbons (Fsp3) is 0. The minimum Gasteiger partial charge on any atom is -0.307 e. The molecule has 0 radical (unpaired) electrons. The monoisotopic (exact) mass is 914 g/mol. The highest BCUT2D eigenvalue weighted by Crippen LogP contribution is 2.43. The van der Waals surface area contributed by atoms with Gasteiger partial charge in [0.05, 0.1) is 76.9 Å². The van der Waals surface area contributed by atoms with Crippen LogP contribution in [0.4, 0.5) is 17.1 Å². The zero-order valence-corrected chi connectivity index (χ0v) is 38.2. The van der Waals surface area contributed by atoms with Crippen LogP contribution >= 0.6 is 0 Å². The number of aromatic nitrogens is 3. The molecule has 0 bridgehead atoms. The molecule has 0 aliphatic heterocycles. The van der Waals surface area contributed by atoms with Gasteiger partial charge in [-0.25, -0.2) is 19.5 Å². The Morgan fingerprint density at radius 3 is 1.15 bits per heavy atom. The molecule has 0 saturated heterocycles. The molecule has 3 aromatic heterocycles. The molecular weight excluding hydrogens is 881 g/mol. The molecule has 0 spiro atoms. The molecule has 72 heavy (non-hydrogen) atoms. The third kappa shape index (κ3) is 7.25. The van der Waals surface area contributed by atoms with Gasteiger partial charge in [0.15, 0.2) is 17.1 Å². The van der Waals surface area contributed by atoms with Gasteiger partial charge in [0.2, 0.25) is 0 Å². The first-order chi connectivity index (χ1) is 35.4. The van der Waals surface area contributed by atoms with E-state index in [1.54, 1.807) is 0 Å². The lowest BCUT2D eigenvalue weighted by molar-refractivity contribution is 1.06. The largest absolute Gasteiger partial charge is 0.307 e. The molecular formula is C64H34N8. The third-order valence-electron chi connectivity index (χ3n) is 13.4. The molecule has 8 heteroatoms. The molecule has 0 unspecified atom stereocenters. The zero-order valence-electron chi connectivity index (χ0n) is 38.2. The number of hydrogen-bond donors (Lipinski definition) is 0. The Morgan fingerprint density at radius 1 is 0.361 bits per heavy atom. The Hall–Kier alpha value is -10.8. The highest BCUT2D eigenvalue weighted by molar-refractivity contribution is 6.13. The van der Waals surface area contributed by atoms with Crippen LogP contribution in [0.25, 0.3) is 125 Å². The minimum absolute atomic E-state index is 0.533. The predicted octanol–water partition coefficient (Wildman–Crippen LogP) is 17.0. The molecule has 12 rings (SSSR count). The second-order valence-corrected chi connectivity index (χ2v) is 17.5. The lowest BCUT2D eigenvalue weighted by atomic mass is 9.99. The normalized spacial score (nSPS) is 11.0. The average molecular weight is 915 g/mol. The molecule has 0 amide bonds. The van der Waals surface area contributed by atoms with E-state index in [4.69, 9.17) is 24.7 Å². The number of benzene rings is 9. The van der Waals surface area contributed by atoms with Crippen molar-refractivity contribution in [2.24, 2.45) is 0 Å². The number of hydrogen-bond acceptors (Lipinski definition) is 3. The SMILES string of the molecule is [C-]#[N+]c1ccc(-c2cc(-n3c4ccc(-c5cccc(C#N)c5)cc4c4cc(-c5cccc([N+]#[C-])c5)ccc43)ncc2-n2c3ccc(-c4cccc(C#N)c4)cc3c3cc(-c4cccc([N+]#[C-])c4)ccc32)cc1. The van der Waals surface area contributed by atoms with Crippen molar-refractivity contribution in [2.75, 3.05) is 0 Å². The van der Waals surface area contributed by atoms with E-state index in [0.29, 0.717) is 34.0 Å². The van der Waals surface area contributed by atoms with E-state index in [-0.39, 0.29) is 0 Å². The van der Waals surface area contributed by atoms with Crippen molar-refractivity contribution in [3.8, 4) is 79.3 Å². The molecule has 0 N–H and O–H groups in total. The summed E-state index contributed by atoms with van der Waals surface area (Å²) in [5.41, 5.74) is 16.9. The lowest BCUT2D eigenvalue weighted by Gasteiger charge is -2.17. The maximum absolute atomic E-state index is 9.79. The van der Waals surface area contributed by atoms with Crippen molar-refractivity contribution in [1.82, 2.24) is 14.1 Å². The van der Waals surface area contributed by atoms with E-state index >= 15 is 0 Å². The molecule has 0 fully saturated rings. The van der Waals surface area contributed by atoms with Crippen LogP contribution in [-0.2, 0) is 0 Å². The molecule has 0 atom stereocenters. The van der Waals surface area contributed by atoms with Gasteiger partial charge in [-0.15, -0.1) is 0 Å². The van der Waals surface area contributed by atoms with Crippen LogP contribution in [0.3, 0.4) is 0 Å². The maximum atomic E-state index is 9.79. The summed E-state index contributed by atoms with van der Waals surface area (Å²) in [7, 11) is 0.